The van der Waals surface area contributed by atoms with Crippen molar-refractivity contribution in [3.63, 3.8) is 0 Å². The fraction of sp³-hybridized carbons (Fsp3) is 0.409. The molecule has 0 spiro atoms. The highest BCUT2D eigenvalue weighted by Crippen LogP contribution is 2.40. The fourth-order valence-electron chi connectivity index (χ4n) is 3.04. The van der Waals surface area contributed by atoms with E-state index in [1.807, 2.05) is 0 Å². The van der Waals surface area contributed by atoms with Crippen LogP contribution in [0.5, 0.6) is 0 Å². The number of esters is 1. The third-order valence-corrected chi connectivity index (χ3v) is 4.53. The maximum atomic E-state index is 15.0. The number of carbonyl (C=O) groups excluding carboxylic acids is 1. The molecule has 27 heavy (non-hydrogen) atoms. The van der Waals surface area contributed by atoms with Crippen LogP contribution in [0.3, 0.4) is 0 Å². The van der Waals surface area contributed by atoms with Gasteiger partial charge < -0.3 is 4.74 Å². The summed E-state index contributed by atoms with van der Waals surface area (Å²) < 4.78 is 47.9. The number of aryl methyl sites for hydroxylation is 2. The Morgan fingerprint density at radius 2 is 1.81 bits per heavy atom. The van der Waals surface area contributed by atoms with E-state index < -0.39 is 29.9 Å². The number of carbonyl (C=O) groups is 1. The molecule has 0 aromatic heterocycles. The summed E-state index contributed by atoms with van der Waals surface area (Å²) in [6.07, 6.45) is 2.86. The topological polar surface area (TPSA) is 26.3 Å². The summed E-state index contributed by atoms with van der Waals surface area (Å²) in [5.41, 5.74) is 2.23. The van der Waals surface area contributed by atoms with Crippen molar-refractivity contribution in [2.45, 2.75) is 46.5 Å². The number of rotatable bonds is 8. The minimum atomic E-state index is -1.04. The van der Waals surface area contributed by atoms with Gasteiger partial charge in [-0.3, -0.25) is 4.79 Å². The monoisotopic (exact) mass is 378 g/mol. The maximum absolute atomic E-state index is 15.0. The Balaban J connectivity index is 2.42. The second-order valence-electron chi connectivity index (χ2n) is 6.85. The number of benzene rings is 1. The first kappa shape index (κ1) is 21.0. The summed E-state index contributed by atoms with van der Waals surface area (Å²) in [6.45, 7) is 9.11. The number of halogens is 3. The highest BCUT2D eigenvalue weighted by Gasteiger charge is 2.26. The van der Waals surface area contributed by atoms with Crippen molar-refractivity contribution < 1.29 is 22.7 Å². The van der Waals surface area contributed by atoms with E-state index in [2.05, 4.69) is 6.58 Å². The third-order valence-electron chi connectivity index (χ3n) is 4.53. The minimum absolute atomic E-state index is 0.0447. The van der Waals surface area contributed by atoms with Gasteiger partial charge in [-0.25, -0.2) is 13.2 Å². The molecule has 0 radical (unpaired) electrons. The molecule has 0 atom stereocenters. The first-order valence-electron chi connectivity index (χ1n) is 9.12. The van der Waals surface area contributed by atoms with Crippen LogP contribution in [0.2, 0.25) is 0 Å². The smallest absolute Gasteiger partial charge is 0.306 e. The molecule has 1 aromatic rings. The molecule has 0 saturated heterocycles. The van der Waals surface area contributed by atoms with Gasteiger partial charge in [0.2, 0.25) is 0 Å². The second kappa shape index (κ2) is 9.07. The van der Waals surface area contributed by atoms with Crippen LogP contribution in [0.15, 0.2) is 42.0 Å². The number of ether oxygens (including phenoxy) is 1. The first-order chi connectivity index (χ1) is 12.7. The number of hydrogen-bond acceptors (Lipinski definition) is 2. The molecule has 1 saturated carbocycles. The summed E-state index contributed by atoms with van der Waals surface area (Å²) in [4.78, 5) is 11.4. The van der Waals surface area contributed by atoms with Crippen molar-refractivity contribution in [2.75, 3.05) is 6.61 Å². The van der Waals surface area contributed by atoms with Crippen molar-refractivity contribution in [1.29, 1.82) is 0 Å². The van der Waals surface area contributed by atoms with Crippen LogP contribution >= 0.6 is 0 Å². The van der Waals surface area contributed by atoms with Crippen molar-refractivity contribution >= 4 is 11.5 Å². The molecule has 2 nitrogen and oxygen atoms in total. The molecule has 1 aromatic carbocycles. The van der Waals surface area contributed by atoms with Gasteiger partial charge in [-0.2, -0.15) is 0 Å². The Bertz CT molecular complexity index is 779. The molecule has 1 aliphatic carbocycles. The molecule has 2 rings (SSSR count). The second-order valence-corrected chi connectivity index (χ2v) is 6.85. The van der Waals surface area contributed by atoms with E-state index in [1.54, 1.807) is 26.8 Å². The van der Waals surface area contributed by atoms with Gasteiger partial charge in [-0.1, -0.05) is 12.2 Å². The van der Waals surface area contributed by atoms with E-state index in [-0.39, 0.29) is 24.5 Å². The zero-order valence-electron chi connectivity index (χ0n) is 16.0. The average molecular weight is 378 g/mol. The van der Waals surface area contributed by atoms with Gasteiger partial charge >= 0.3 is 5.97 Å². The molecule has 1 fully saturated rings. The molecule has 0 heterocycles. The molecular formula is C22H25F3O2. The van der Waals surface area contributed by atoms with Crippen molar-refractivity contribution in [1.82, 2.24) is 0 Å². The van der Waals surface area contributed by atoms with E-state index in [4.69, 9.17) is 4.74 Å². The average Bonchev–Trinajstić information content (AvgIpc) is 3.42. The SMILES string of the molecule is C=C(/C=C(\C(F)=C(/F)CCC(=O)OCC)c1c(C)cc(F)cc1C)C1CC1. The maximum Gasteiger partial charge on any atom is 0.306 e. The van der Waals surface area contributed by atoms with Crippen molar-refractivity contribution in [3.05, 3.63) is 64.5 Å². The highest BCUT2D eigenvalue weighted by atomic mass is 19.2. The van der Waals surface area contributed by atoms with Gasteiger partial charge in [-0.15, -0.1) is 0 Å². The zero-order valence-corrected chi connectivity index (χ0v) is 16.0. The van der Waals surface area contributed by atoms with Crippen LogP contribution in [0.25, 0.3) is 5.57 Å². The predicted molar refractivity (Wildman–Crippen MR) is 101 cm³/mol. The normalized spacial score (nSPS) is 15.4. The fourth-order valence-corrected chi connectivity index (χ4v) is 3.04. The van der Waals surface area contributed by atoms with E-state index in [1.165, 1.54) is 12.1 Å². The van der Waals surface area contributed by atoms with E-state index in [0.717, 1.165) is 18.4 Å². The highest BCUT2D eigenvalue weighted by molar-refractivity contribution is 5.83. The quantitative estimate of drug-likeness (QED) is 0.393. The van der Waals surface area contributed by atoms with Gasteiger partial charge in [0.15, 0.2) is 5.83 Å². The lowest BCUT2D eigenvalue weighted by Gasteiger charge is -2.15. The Morgan fingerprint density at radius 1 is 1.22 bits per heavy atom. The lowest BCUT2D eigenvalue weighted by molar-refractivity contribution is -0.143. The van der Waals surface area contributed by atoms with Gasteiger partial charge in [0, 0.05) is 12.0 Å². The summed E-state index contributed by atoms with van der Waals surface area (Å²) in [5, 5.41) is 0. The number of allylic oxidation sites excluding steroid dienone is 5. The van der Waals surface area contributed by atoms with Gasteiger partial charge in [0.05, 0.1) is 13.0 Å². The predicted octanol–water partition coefficient (Wildman–Crippen LogP) is 6.29. The molecule has 0 amide bonds. The molecule has 1 aliphatic rings. The van der Waals surface area contributed by atoms with Gasteiger partial charge in [-0.05, 0) is 74.4 Å². The first-order valence-corrected chi connectivity index (χ1v) is 9.12. The van der Waals surface area contributed by atoms with E-state index in [0.29, 0.717) is 16.7 Å². The Morgan fingerprint density at radius 3 is 2.33 bits per heavy atom. The van der Waals surface area contributed by atoms with Crippen LogP contribution in [0, 0.1) is 25.6 Å². The Labute approximate surface area is 158 Å². The van der Waals surface area contributed by atoms with Gasteiger partial charge in [0.1, 0.15) is 11.6 Å². The third kappa shape index (κ3) is 5.59. The molecule has 0 aliphatic heterocycles. The molecule has 0 bridgehead atoms. The van der Waals surface area contributed by atoms with Crippen LogP contribution in [-0.2, 0) is 9.53 Å². The van der Waals surface area contributed by atoms with Crippen LogP contribution in [0.4, 0.5) is 13.2 Å². The lowest BCUT2D eigenvalue weighted by Crippen LogP contribution is -2.04. The summed E-state index contributed by atoms with van der Waals surface area (Å²) in [6, 6.07) is 2.58. The van der Waals surface area contributed by atoms with E-state index in [9.17, 15) is 13.6 Å². The minimum Gasteiger partial charge on any atom is -0.466 e. The van der Waals surface area contributed by atoms with E-state index >= 15 is 4.39 Å². The Kier molecular flexibility index (Phi) is 7.05. The summed E-state index contributed by atoms with van der Waals surface area (Å²) in [5.74, 6) is -2.81. The largest absolute Gasteiger partial charge is 0.466 e. The number of hydrogen-bond donors (Lipinski definition) is 0. The molecule has 5 heteroatoms. The standard InChI is InChI=1S/C22H25F3O2/c1-5-27-20(26)9-8-19(24)22(25)18(12-13(2)16-6-7-16)21-14(3)10-17(23)11-15(21)4/h10-12,16H,2,5-9H2,1,3-4H3/b18-12-,22-19+. The van der Waals surface area contributed by atoms with Crippen molar-refractivity contribution in [3.8, 4) is 0 Å². The molecule has 0 unspecified atom stereocenters. The summed E-state index contributed by atoms with van der Waals surface area (Å²) >= 11 is 0. The molecule has 0 N–H and O–H groups in total. The lowest BCUT2D eigenvalue weighted by atomic mass is 9.92. The Hall–Kier alpha value is -2.30. The molecule has 146 valence electrons. The van der Waals surface area contributed by atoms with Gasteiger partial charge in [0.25, 0.3) is 0 Å². The van der Waals surface area contributed by atoms with Crippen LogP contribution < -0.4 is 0 Å². The van der Waals surface area contributed by atoms with Crippen LogP contribution in [-0.4, -0.2) is 12.6 Å². The van der Waals surface area contributed by atoms with Crippen LogP contribution in [0.1, 0.15) is 49.3 Å². The zero-order chi connectivity index (χ0) is 20.1. The van der Waals surface area contributed by atoms with Crippen molar-refractivity contribution in [2.24, 2.45) is 5.92 Å². The summed E-state index contributed by atoms with van der Waals surface area (Å²) in [7, 11) is 0. The molecular weight excluding hydrogens is 353 g/mol.